The standard InChI is InChI=1S/C6H11O2.BrH.Zn/c1-7-6-4-2-3-5-8-6;;/h6H,1-5H2;1H;/p-1. The number of hydrogen-bond acceptors (Lipinski definition) is 2. The Balaban J connectivity index is 0. The van der Waals surface area contributed by atoms with Crippen LogP contribution in [-0.4, -0.2) is 12.9 Å². The average molecular weight is 260 g/mol. The first-order chi connectivity index (χ1) is 3.93. The van der Waals surface area contributed by atoms with Crippen molar-refractivity contribution in [3.8, 4) is 0 Å². The van der Waals surface area contributed by atoms with Crippen molar-refractivity contribution in [3.63, 3.8) is 0 Å². The van der Waals surface area contributed by atoms with Crippen molar-refractivity contribution in [2.45, 2.75) is 25.6 Å². The van der Waals surface area contributed by atoms with Gasteiger partial charge >= 0.3 is 0 Å². The molecular weight excluding hydrogens is 249 g/mol. The zero-order valence-electron chi connectivity index (χ0n) is 6.01. The van der Waals surface area contributed by atoms with Gasteiger partial charge in [-0.3, -0.25) is 0 Å². The Hall–Kier alpha value is 1.02. The maximum absolute atomic E-state index is 5.14. The van der Waals surface area contributed by atoms with Gasteiger partial charge in [0.25, 0.3) is 0 Å². The second-order valence-corrected chi connectivity index (χ2v) is 1.96. The van der Waals surface area contributed by atoms with Crippen LogP contribution in [0.4, 0.5) is 0 Å². The first-order valence-electron chi connectivity index (χ1n) is 2.96. The average Bonchev–Trinajstić information content (AvgIpc) is 1.90. The van der Waals surface area contributed by atoms with E-state index in [0.717, 1.165) is 13.0 Å². The van der Waals surface area contributed by atoms with Crippen LogP contribution < -0.4 is 17.0 Å². The van der Waals surface area contributed by atoms with Gasteiger partial charge in [0.1, 0.15) is 0 Å². The Morgan fingerprint density at radius 2 is 2.10 bits per heavy atom. The summed E-state index contributed by atoms with van der Waals surface area (Å²) in [4.78, 5) is 0. The van der Waals surface area contributed by atoms with Crippen LogP contribution in [0.3, 0.4) is 0 Å². The van der Waals surface area contributed by atoms with E-state index >= 15 is 0 Å². The number of rotatable bonds is 1. The van der Waals surface area contributed by atoms with Gasteiger partial charge in [0.05, 0.1) is 7.11 Å². The molecule has 1 saturated heterocycles. The van der Waals surface area contributed by atoms with Gasteiger partial charge in [-0.25, -0.2) is 0 Å². The van der Waals surface area contributed by atoms with Gasteiger partial charge in [-0.05, 0) is 19.3 Å². The molecule has 1 rings (SSSR count). The van der Waals surface area contributed by atoms with Crippen LogP contribution in [-0.2, 0) is 29.0 Å². The Labute approximate surface area is 85.2 Å². The minimum atomic E-state index is -0.0243. The molecule has 0 aliphatic carbocycles. The molecule has 0 N–H and O–H groups in total. The van der Waals surface area contributed by atoms with Crippen LogP contribution in [0.1, 0.15) is 19.3 Å². The minimum absolute atomic E-state index is 0. The second kappa shape index (κ2) is 8.12. The van der Waals surface area contributed by atoms with Crippen LogP contribution in [0.15, 0.2) is 0 Å². The predicted octanol–water partition coefficient (Wildman–Crippen LogP) is -1.68. The van der Waals surface area contributed by atoms with Crippen molar-refractivity contribution in [2.24, 2.45) is 0 Å². The largest absolute Gasteiger partial charge is 1.00 e. The third-order valence-electron chi connectivity index (χ3n) is 1.32. The van der Waals surface area contributed by atoms with Gasteiger partial charge < -0.3 is 26.5 Å². The van der Waals surface area contributed by atoms with E-state index in [9.17, 15) is 0 Å². The van der Waals surface area contributed by atoms with E-state index in [1.807, 2.05) is 0 Å². The molecule has 0 saturated carbocycles. The summed E-state index contributed by atoms with van der Waals surface area (Å²) >= 11 is 0. The van der Waals surface area contributed by atoms with Crippen molar-refractivity contribution in [3.05, 3.63) is 7.11 Å². The molecule has 1 unspecified atom stereocenters. The molecular formula is C6H11BrO2Zn-. The van der Waals surface area contributed by atoms with Gasteiger partial charge in [-0.1, -0.05) is 0 Å². The molecule has 0 spiro atoms. The summed E-state index contributed by atoms with van der Waals surface area (Å²) in [5, 5.41) is 0. The fraction of sp³-hybridized carbons (Fsp3) is 0.833. The summed E-state index contributed by atoms with van der Waals surface area (Å²) in [6.45, 7) is 0.834. The molecule has 4 heteroatoms. The fourth-order valence-corrected chi connectivity index (χ4v) is 0.843. The van der Waals surface area contributed by atoms with Crippen molar-refractivity contribution < 1.29 is 45.9 Å². The molecule has 1 heterocycles. The summed E-state index contributed by atoms with van der Waals surface area (Å²) < 4.78 is 9.86. The van der Waals surface area contributed by atoms with Gasteiger partial charge in [0, 0.05) is 26.1 Å². The smallest absolute Gasteiger partial charge is 0.157 e. The molecule has 1 aliphatic heterocycles. The van der Waals surface area contributed by atoms with Gasteiger partial charge in [0.15, 0.2) is 6.29 Å². The van der Waals surface area contributed by atoms with Crippen LogP contribution in [0, 0.1) is 7.11 Å². The van der Waals surface area contributed by atoms with E-state index in [1.54, 1.807) is 0 Å². The normalized spacial score (nSPS) is 24.3. The van der Waals surface area contributed by atoms with Crippen LogP contribution in [0.5, 0.6) is 0 Å². The number of halogens is 1. The van der Waals surface area contributed by atoms with E-state index in [0.29, 0.717) is 0 Å². The molecule has 10 heavy (non-hydrogen) atoms. The Bertz CT molecular complexity index is 66.8. The fourth-order valence-electron chi connectivity index (χ4n) is 0.843. The summed E-state index contributed by atoms with van der Waals surface area (Å²) in [5.41, 5.74) is 0. The molecule has 1 aliphatic rings. The molecule has 0 aromatic heterocycles. The Morgan fingerprint density at radius 3 is 2.40 bits per heavy atom. The van der Waals surface area contributed by atoms with Gasteiger partial charge in [-0.15, -0.1) is 0 Å². The van der Waals surface area contributed by atoms with Crippen molar-refractivity contribution >= 4 is 0 Å². The Morgan fingerprint density at radius 1 is 1.40 bits per heavy atom. The zero-order chi connectivity index (χ0) is 5.82. The third kappa shape index (κ3) is 4.78. The molecule has 1 atom stereocenters. The van der Waals surface area contributed by atoms with Crippen molar-refractivity contribution in [1.82, 2.24) is 0 Å². The van der Waals surface area contributed by atoms with Gasteiger partial charge in [0.2, 0.25) is 0 Å². The molecule has 0 amide bonds. The van der Waals surface area contributed by atoms with Crippen molar-refractivity contribution in [2.75, 3.05) is 6.61 Å². The first-order valence-corrected chi connectivity index (χ1v) is 2.96. The summed E-state index contributed by atoms with van der Waals surface area (Å²) in [6, 6.07) is 0. The molecule has 57 valence electrons. The maximum atomic E-state index is 5.14. The summed E-state index contributed by atoms with van der Waals surface area (Å²) in [7, 11) is 3.28. The molecule has 1 radical (unpaired) electrons. The van der Waals surface area contributed by atoms with E-state index in [-0.39, 0.29) is 42.7 Å². The SMILES string of the molecule is [Br-].[CH2]OC1CCCCO1.[Zn]. The van der Waals surface area contributed by atoms with Crippen LogP contribution in [0.2, 0.25) is 0 Å². The topological polar surface area (TPSA) is 18.5 Å². The quantitative estimate of drug-likeness (QED) is 0.525. The molecule has 0 bridgehead atoms. The monoisotopic (exact) mass is 258 g/mol. The van der Waals surface area contributed by atoms with Crippen LogP contribution >= 0.6 is 0 Å². The van der Waals surface area contributed by atoms with Gasteiger partial charge in [-0.2, -0.15) is 0 Å². The van der Waals surface area contributed by atoms with Crippen LogP contribution in [0.25, 0.3) is 0 Å². The minimum Gasteiger partial charge on any atom is -1.00 e. The molecule has 0 aromatic rings. The second-order valence-electron chi connectivity index (χ2n) is 1.96. The zero-order valence-corrected chi connectivity index (χ0v) is 10.6. The first kappa shape index (κ1) is 13.6. The summed E-state index contributed by atoms with van der Waals surface area (Å²) in [5.74, 6) is 0. The molecule has 2 nitrogen and oxygen atoms in total. The van der Waals surface area contributed by atoms with Crippen molar-refractivity contribution in [1.29, 1.82) is 0 Å². The molecule has 0 aromatic carbocycles. The van der Waals surface area contributed by atoms with E-state index in [4.69, 9.17) is 9.47 Å². The molecule has 1 fully saturated rings. The Kier molecular flexibility index (Phi) is 11.0. The predicted molar refractivity (Wildman–Crippen MR) is 30.0 cm³/mol. The maximum Gasteiger partial charge on any atom is 0.157 e. The van der Waals surface area contributed by atoms with E-state index in [2.05, 4.69) is 7.11 Å². The third-order valence-corrected chi connectivity index (χ3v) is 1.32. The number of hydrogen-bond donors (Lipinski definition) is 0. The number of ether oxygens (including phenoxy) is 2. The van der Waals surface area contributed by atoms with E-state index in [1.165, 1.54) is 12.8 Å². The summed E-state index contributed by atoms with van der Waals surface area (Å²) in [6.07, 6.45) is 3.35. The van der Waals surface area contributed by atoms with E-state index < -0.39 is 0 Å².